The molecule has 1 spiro atoms. The monoisotopic (exact) mass is 539 g/mol. The number of piperidine rings is 1. The Morgan fingerprint density at radius 2 is 1.59 bits per heavy atom. The standard InChI is InChI=1S/C30H32F3N3O3/c31-30(32,33)26(23-11-5-2-6-12-23)34-27(38)36-18-16-29(39,28(20-36)14-7-8-15-28)21-35-17-13-24(19-25(35)37)22-9-3-1-4-10-22/h1-6,9-13,17,19,26,39H,7-8,14-16,18,20-21H2,(H,34,38)/t26-,29-/m1/s1. The van der Waals surface area contributed by atoms with E-state index in [1.165, 1.54) is 33.7 Å². The second kappa shape index (κ2) is 10.5. The molecular weight excluding hydrogens is 507 g/mol. The molecule has 1 aliphatic carbocycles. The van der Waals surface area contributed by atoms with Crippen LogP contribution >= 0.6 is 0 Å². The van der Waals surface area contributed by atoms with Gasteiger partial charge in [-0.3, -0.25) is 4.79 Å². The van der Waals surface area contributed by atoms with Crippen molar-refractivity contribution in [2.24, 2.45) is 5.41 Å². The second-order valence-electron chi connectivity index (χ2n) is 10.8. The second-order valence-corrected chi connectivity index (χ2v) is 10.8. The number of nitrogens with one attached hydrogen (secondary N) is 1. The number of likely N-dealkylation sites (tertiary alicyclic amines) is 1. The Morgan fingerprint density at radius 3 is 2.21 bits per heavy atom. The van der Waals surface area contributed by atoms with Crippen molar-refractivity contribution in [3.63, 3.8) is 0 Å². The summed E-state index contributed by atoms with van der Waals surface area (Å²) in [5.74, 6) is 0. The van der Waals surface area contributed by atoms with Crippen LogP contribution in [-0.4, -0.2) is 45.5 Å². The number of aliphatic hydroxyl groups is 1. The zero-order valence-corrected chi connectivity index (χ0v) is 21.5. The Balaban J connectivity index is 1.35. The van der Waals surface area contributed by atoms with Crippen molar-refractivity contribution in [2.75, 3.05) is 13.1 Å². The van der Waals surface area contributed by atoms with Gasteiger partial charge in [0.15, 0.2) is 6.04 Å². The summed E-state index contributed by atoms with van der Waals surface area (Å²) in [5, 5.41) is 14.2. The SMILES string of the molecule is O=C(N[C@H](c1ccccc1)C(F)(F)F)N1CC[C@@](O)(Cn2ccc(-c3ccccc3)cc2=O)C2(CCCC2)C1. The van der Waals surface area contributed by atoms with Crippen molar-refractivity contribution in [3.05, 3.63) is 94.9 Å². The van der Waals surface area contributed by atoms with Crippen molar-refractivity contribution in [1.29, 1.82) is 0 Å². The highest BCUT2D eigenvalue weighted by Gasteiger charge is 2.56. The number of hydrogen-bond donors (Lipinski definition) is 2. The number of benzene rings is 2. The van der Waals surface area contributed by atoms with Crippen molar-refractivity contribution < 1.29 is 23.1 Å². The molecule has 1 aliphatic heterocycles. The summed E-state index contributed by atoms with van der Waals surface area (Å²) in [6, 6.07) is 17.3. The van der Waals surface area contributed by atoms with Gasteiger partial charge >= 0.3 is 12.2 Å². The summed E-state index contributed by atoms with van der Waals surface area (Å²) in [5.41, 5.74) is -0.569. The lowest BCUT2D eigenvalue weighted by molar-refractivity contribution is -0.157. The molecule has 1 saturated carbocycles. The number of aromatic nitrogens is 1. The van der Waals surface area contributed by atoms with Crippen LogP contribution in [0.5, 0.6) is 0 Å². The number of hydrogen-bond acceptors (Lipinski definition) is 3. The predicted octanol–water partition coefficient (Wildman–Crippen LogP) is 5.53. The van der Waals surface area contributed by atoms with Crippen LogP contribution in [0.25, 0.3) is 11.1 Å². The molecule has 9 heteroatoms. The van der Waals surface area contributed by atoms with Crippen LogP contribution in [0.4, 0.5) is 18.0 Å². The zero-order chi connectivity index (χ0) is 27.7. The number of carbonyl (C=O) groups excluding carboxylic acids is 1. The first kappa shape index (κ1) is 27.0. The Kier molecular flexibility index (Phi) is 7.29. The van der Waals surface area contributed by atoms with E-state index in [0.717, 1.165) is 24.0 Å². The van der Waals surface area contributed by atoms with Gasteiger partial charge in [-0.05, 0) is 42.0 Å². The van der Waals surface area contributed by atoms with Crippen LogP contribution in [0.3, 0.4) is 0 Å². The van der Waals surface area contributed by atoms with Crippen LogP contribution in [0, 0.1) is 5.41 Å². The molecule has 2 atom stereocenters. The van der Waals surface area contributed by atoms with Crippen LogP contribution < -0.4 is 10.9 Å². The average Bonchev–Trinajstić information content (AvgIpc) is 3.40. The lowest BCUT2D eigenvalue weighted by atomic mass is 9.66. The minimum atomic E-state index is -4.66. The maximum atomic E-state index is 13.9. The molecule has 5 rings (SSSR count). The fourth-order valence-corrected chi connectivity index (χ4v) is 6.22. The summed E-state index contributed by atoms with van der Waals surface area (Å²) in [7, 11) is 0. The van der Waals surface area contributed by atoms with E-state index in [0.29, 0.717) is 12.8 Å². The minimum Gasteiger partial charge on any atom is -0.387 e. The molecule has 6 nitrogen and oxygen atoms in total. The smallest absolute Gasteiger partial charge is 0.387 e. The fraction of sp³-hybridized carbons (Fsp3) is 0.400. The van der Waals surface area contributed by atoms with Gasteiger partial charge in [0, 0.05) is 30.8 Å². The predicted molar refractivity (Wildman–Crippen MR) is 142 cm³/mol. The molecule has 1 saturated heterocycles. The van der Waals surface area contributed by atoms with Gasteiger partial charge in [0.1, 0.15) is 0 Å². The number of carbonyl (C=O) groups is 1. The van der Waals surface area contributed by atoms with Crippen molar-refractivity contribution in [2.45, 2.75) is 56.5 Å². The number of alkyl halides is 3. The fourth-order valence-electron chi connectivity index (χ4n) is 6.22. The van der Waals surface area contributed by atoms with E-state index in [4.69, 9.17) is 0 Å². The third kappa shape index (κ3) is 5.45. The van der Waals surface area contributed by atoms with E-state index < -0.39 is 29.3 Å². The lowest BCUT2D eigenvalue weighted by Gasteiger charge is -2.52. The highest BCUT2D eigenvalue weighted by Crippen LogP contribution is 2.51. The zero-order valence-electron chi connectivity index (χ0n) is 21.5. The van der Waals surface area contributed by atoms with E-state index >= 15 is 0 Å². The maximum absolute atomic E-state index is 13.9. The molecule has 2 fully saturated rings. The normalized spacial score (nSPS) is 21.6. The third-order valence-corrected chi connectivity index (χ3v) is 8.39. The van der Waals surface area contributed by atoms with Gasteiger partial charge in [0.05, 0.1) is 12.1 Å². The van der Waals surface area contributed by atoms with Crippen molar-refractivity contribution in [3.8, 4) is 11.1 Å². The van der Waals surface area contributed by atoms with Crippen LogP contribution in [0.15, 0.2) is 83.8 Å². The summed E-state index contributed by atoms with van der Waals surface area (Å²) < 4.78 is 43.1. The van der Waals surface area contributed by atoms with E-state index in [1.54, 1.807) is 18.3 Å². The largest absolute Gasteiger partial charge is 0.412 e. The third-order valence-electron chi connectivity index (χ3n) is 8.39. The number of halogens is 3. The van der Waals surface area contributed by atoms with Gasteiger partial charge in [0.2, 0.25) is 0 Å². The minimum absolute atomic E-state index is 0.0410. The van der Waals surface area contributed by atoms with Crippen LogP contribution in [0.1, 0.15) is 43.7 Å². The van der Waals surface area contributed by atoms with Gasteiger partial charge in [-0.25, -0.2) is 4.79 Å². The number of amides is 2. The average molecular weight is 540 g/mol. The molecular formula is C30H32F3N3O3. The molecule has 2 aliphatic rings. The molecule has 0 unspecified atom stereocenters. The van der Waals surface area contributed by atoms with E-state index in [-0.39, 0.29) is 37.2 Å². The lowest BCUT2D eigenvalue weighted by Crippen LogP contribution is -2.63. The molecule has 0 bridgehead atoms. The van der Waals surface area contributed by atoms with Crippen LogP contribution in [0.2, 0.25) is 0 Å². The topological polar surface area (TPSA) is 74.6 Å². The van der Waals surface area contributed by atoms with Crippen LogP contribution in [-0.2, 0) is 6.54 Å². The Morgan fingerprint density at radius 1 is 0.949 bits per heavy atom. The Labute approximate surface area is 225 Å². The Bertz CT molecular complexity index is 1350. The number of nitrogens with zero attached hydrogens (tertiary/aromatic N) is 2. The maximum Gasteiger partial charge on any atom is 0.412 e. The summed E-state index contributed by atoms with van der Waals surface area (Å²) in [4.78, 5) is 27.6. The molecule has 2 aromatic carbocycles. The van der Waals surface area contributed by atoms with Gasteiger partial charge in [-0.1, -0.05) is 73.5 Å². The molecule has 206 valence electrons. The number of pyridine rings is 1. The summed E-state index contributed by atoms with van der Waals surface area (Å²) in [6.45, 7) is 0.275. The van der Waals surface area contributed by atoms with E-state index in [2.05, 4.69) is 5.32 Å². The van der Waals surface area contributed by atoms with Gasteiger partial charge in [0.25, 0.3) is 5.56 Å². The molecule has 2 N–H and O–H groups in total. The first-order chi connectivity index (χ1) is 18.6. The molecule has 0 radical (unpaired) electrons. The Hall–Kier alpha value is -3.59. The molecule has 1 aromatic heterocycles. The highest BCUT2D eigenvalue weighted by atomic mass is 19.4. The van der Waals surface area contributed by atoms with Gasteiger partial charge in [-0.2, -0.15) is 13.2 Å². The number of urea groups is 1. The van der Waals surface area contributed by atoms with Gasteiger partial charge < -0.3 is 19.9 Å². The van der Waals surface area contributed by atoms with Crippen molar-refractivity contribution in [1.82, 2.24) is 14.8 Å². The molecule has 2 amide bonds. The van der Waals surface area contributed by atoms with Crippen molar-refractivity contribution >= 4 is 6.03 Å². The van der Waals surface area contributed by atoms with E-state index in [9.17, 15) is 27.9 Å². The molecule has 3 aromatic rings. The van der Waals surface area contributed by atoms with E-state index in [1.807, 2.05) is 36.4 Å². The quantitative estimate of drug-likeness (QED) is 0.448. The van der Waals surface area contributed by atoms with Gasteiger partial charge in [-0.15, -0.1) is 0 Å². The summed E-state index contributed by atoms with van der Waals surface area (Å²) in [6.07, 6.45) is 0.125. The molecule has 2 heterocycles. The summed E-state index contributed by atoms with van der Waals surface area (Å²) >= 11 is 0. The number of rotatable bonds is 5. The first-order valence-corrected chi connectivity index (χ1v) is 13.3. The first-order valence-electron chi connectivity index (χ1n) is 13.3. The highest BCUT2D eigenvalue weighted by molar-refractivity contribution is 5.75. The molecule has 39 heavy (non-hydrogen) atoms.